The molecule has 3 aliphatic rings. The van der Waals surface area contributed by atoms with Crippen LogP contribution in [0, 0.1) is 5.92 Å². The van der Waals surface area contributed by atoms with Gasteiger partial charge < -0.3 is 19.1 Å². The zero-order valence-electron chi connectivity index (χ0n) is 19.0. The van der Waals surface area contributed by atoms with Crippen LogP contribution < -0.4 is 9.47 Å². The van der Waals surface area contributed by atoms with E-state index in [-0.39, 0.29) is 0 Å². The van der Waals surface area contributed by atoms with Crippen LogP contribution in [-0.4, -0.2) is 69.0 Å². The largest absolute Gasteiger partial charge is 0.497 e. The van der Waals surface area contributed by atoms with Crippen LogP contribution in [-0.2, 0) is 11.3 Å². The highest BCUT2D eigenvalue weighted by Gasteiger charge is 2.29. The van der Waals surface area contributed by atoms with Gasteiger partial charge in [-0.15, -0.1) is 0 Å². The molecule has 168 valence electrons. The minimum Gasteiger partial charge on any atom is -0.497 e. The first-order valence-corrected chi connectivity index (χ1v) is 12.0. The van der Waals surface area contributed by atoms with Crippen LogP contribution >= 0.6 is 0 Å². The molecule has 2 saturated heterocycles. The van der Waals surface area contributed by atoms with Crippen molar-refractivity contribution in [2.75, 3.05) is 47.0 Å². The monoisotopic (exact) mass is 416 g/mol. The molecule has 2 aliphatic heterocycles. The van der Waals surface area contributed by atoms with Gasteiger partial charge in [-0.2, -0.15) is 0 Å². The topological polar surface area (TPSA) is 34.2 Å². The molecule has 1 aliphatic carbocycles. The lowest BCUT2D eigenvalue weighted by Gasteiger charge is -2.38. The summed E-state index contributed by atoms with van der Waals surface area (Å²) < 4.78 is 17.0. The number of ether oxygens (including phenoxy) is 3. The Morgan fingerprint density at radius 1 is 0.967 bits per heavy atom. The average Bonchev–Trinajstić information content (AvgIpc) is 3.49. The minimum atomic E-state index is 0.382. The Kier molecular flexibility index (Phi) is 7.91. The highest BCUT2D eigenvalue weighted by molar-refractivity contribution is 5.40. The summed E-state index contributed by atoms with van der Waals surface area (Å²) in [5.74, 6) is 2.55. The van der Waals surface area contributed by atoms with E-state index in [0.717, 1.165) is 49.7 Å². The highest BCUT2D eigenvalue weighted by Crippen LogP contribution is 2.30. The molecule has 0 amide bonds. The number of benzene rings is 1. The van der Waals surface area contributed by atoms with Crippen molar-refractivity contribution in [3.05, 3.63) is 23.8 Å². The van der Waals surface area contributed by atoms with Crippen LogP contribution in [0.25, 0.3) is 0 Å². The van der Waals surface area contributed by atoms with E-state index in [2.05, 4.69) is 15.9 Å². The number of hydrogen-bond donors (Lipinski definition) is 0. The third kappa shape index (κ3) is 5.68. The van der Waals surface area contributed by atoms with Crippen LogP contribution in [0.2, 0.25) is 0 Å². The number of piperidine rings is 1. The standard InChI is InChI=1S/C25H40N2O3/c1-28-23-10-9-21(25(16-23)29-2)18-26(19-24-8-5-15-30-24)17-20-11-13-27(14-12-20)22-6-3-4-7-22/h9-10,16,20,22,24H,3-8,11-15,17-19H2,1-2H3. The number of methoxy groups -OCH3 is 2. The van der Waals surface area contributed by atoms with E-state index in [1.54, 1.807) is 14.2 Å². The van der Waals surface area contributed by atoms with Gasteiger partial charge in [0.25, 0.3) is 0 Å². The van der Waals surface area contributed by atoms with Crippen molar-refractivity contribution in [2.45, 2.75) is 70.1 Å². The van der Waals surface area contributed by atoms with Gasteiger partial charge in [-0.25, -0.2) is 0 Å². The van der Waals surface area contributed by atoms with Crippen molar-refractivity contribution in [3.8, 4) is 11.5 Å². The van der Waals surface area contributed by atoms with Gasteiger partial charge in [0.15, 0.2) is 0 Å². The second-order valence-electron chi connectivity index (χ2n) is 9.42. The van der Waals surface area contributed by atoms with Gasteiger partial charge in [0.2, 0.25) is 0 Å². The highest BCUT2D eigenvalue weighted by atomic mass is 16.5. The molecule has 0 bridgehead atoms. The van der Waals surface area contributed by atoms with E-state index in [9.17, 15) is 0 Å². The second kappa shape index (κ2) is 10.8. The summed E-state index contributed by atoms with van der Waals surface area (Å²) in [5.41, 5.74) is 1.24. The van der Waals surface area contributed by atoms with Crippen molar-refractivity contribution >= 4 is 0 Å². The molecule has 2 heterocycles. The Balaban J connectivity index is 1.37. The SMILES string of the molecule is COc1ccc(CN(CC2CCN(C3CCCC3)CC2)CC2CCCO2)c(OC)c1. The maximum absolute atomic E-state index is 5.99. The van der Waals surface area contributed by atoms with E-state index in [1.807, 2.05) is 12.1 Å². The zero-order chi connectivity index (χ0) is 20.8. The van der Waals surface area contributed by atoms with E-state index in [1.165, 1.54) is 70.0 Å². The minimum absolute atomic E-state index is 0.382. The molecular weight excluding hydrogens is 376 g/mol. The van der Waals surface area contributed by atoms with Gasteiger partial charge in [0.1, 0.15) is 11.5 Å². The second-order valence-corrected chi connectivity index (χ2v) is 9.42. The van der Waals surface area contributed by atoms with Crippen LogP contribution in [0.1, 0.15) is 56.9 Å². The van der Waals surface area contributed by atoms with Gasteiger partial charge in [-0.1, -0.05) is 18.9 Å². The van der Waals surface area contributed by atoms with Crippen LogP contribution in [0.5, 0.6) is 11.5 Å². The van der Waals surface area contributed by atoms with Crippen LogP contribution in [0.4, 0.5) is 0 Å². The molecule has 0 radical (unpaired) electrons. The summed E-state index contributed by atoms with van der Waals surface area (Å²) >= 11 is 0. The van der Waals surface area contributed by atoms with E-state index in [0.29, 0.717) is 6.10 Å². The molecule has 5 nitrogen and oxygen atoms in total. The number of rotatable bonds is 9. The van der Waals surface area contributed by atoms with Crippen LogP contribution in [0.15, 0.2) is 18.2 Å². The molecule has 1 saturated carbocycles. The molecule has 0 N–H and O–H groups in total. The fraction of sp³-hybridized carbons (Fsp3) is 0.760. The van der Waals surface area contributed by atoms with Crippen molar-refractivity contribution < 1.29 is 14.2 Å². The van der Waals surface area contributed by atoms with Gasteiger partial charge in [-0.3, -0.25) is 4.90 Å². The molecule has 1 unspecified atom stereocenters. The van der Waals surface area contributed by atoms with Crippen molar-refractivity contribution in [1.29, 1.82) is 0 Å². The Hall–Kier alpha value is -1.30. The number of nitrogens with zero attached hydrogens (tertiary/aromatic N) is 2. The lowest BCUT2D eigenvalue weighted by molar-refractivity contribution is 0.0537. The van der Waals surface area contributed by atoms with Gasteiger partial charge in [0, 0.05) is 43.9 Å². The number of hydrogen-bond acceptors (Lipinski definition) is 5. The summed E-state index contributed by atoms with van der Waals surface area (Å²) in [6.07, 6.45) is 11.2. The quantitative estimate of drug-likeness (QED) is 0.598. The summed E-state index contributed by atoms with van der Waals surface area (Å²) in [6, 6.07) is 7.07. The first kappa shape index (κ1) is 21.9. The predicted octanol–water partition coefficient (Wildman–Crippen LogP) is 4.34. The first-order chi connectivity index (χ1) is 14.7. The third-order valence-electron chi connectivity index (χ3n) is 7.38. The summed E-state index contributed by atoms with van der Waals surface area (Å²) in [6.45, 7) is 6.59. The summed E-state index contributed by atoms with van der Waals surface area (Å²) in [5, 5.41) is 0. The molecular formula is C25H40N2O3. The first-order valence-electron chi connectivity index (χ1n) is 12.0. The molecule has 3 fully saturated rings. The molecule has 4 rings (SSSR count). The van der Waals surface area contributed by atoms with E-state index < -0.39 is 0 Å². The Morgan fingerprint density at radius 3 is 2.43 bits per heavy atom. The Morgan fingerprint density at radius 2 is 1.77 bits per heavy atom. The van der Waals surface area contributed by atoms with Crippen molar-refractivity contribution in [2.24, 2.45) is 5.92 Å². The maximum Gasteiger partial charge on any atom is 0.127 e. The van der Waals surface area contributed by atoms with Crippen LogP contribution in [0.3, 0.4) is 0 Å². The zero-order valence-corrected chi connectivity index (χ0v) is 19.0. The van der Waals surface area contributed by atoms with E-state index >= 15 is 0 Å². The summed E-state index contributed by atoms with van der Waals surface area (Å²) in [4.78, 5) is 5.40. The Bertz CT molecular complexity index is 648. The third-order valence-corrected chi connectivity index (χ3v) is 7.38. The normalized spacial score (nSPS) is 24.0. The van der Waals surface area contributed by atoms with Gasteiger partial charge >= 0.3 is 0 Å². The molecule has 0 spiro atoms. The lowest BCUT2D eigenvalue weighted by atomic mass is 9.94. The molecule has 1 aromatic carbocycles. The molecule has 5 heteroatoms. The predicted molar refractivity (Wildman–Crippen MR) is 120 cm³/mol. The molecule has 1 atom stereocenters. The molecule has 1 aromatic rings. The van der Waals surface area contributed by atoms with Crippen molar-refractivity contribution in [1.82, 2.24) is 9.80 Å². The fourth-order valence-electron chi connectivity index (χ4n) is 5.64. The lowest BCUT2D eigenvalue weighted by Crippen LogP contribution is -2.43. The van der Waals surface area contributed by atoms with Gasteiger partial charge in [0.05, 0.1) is 20.3 Å². The molecule has 0 aromatic heterocycles. The van der Waals surface area contributed by atoms with Gasteiger partial charge in [-0.05, 0) is 63.6 Å². The van der Waals surface area contributed by atoms with Crippen molar-refractivity contribution in [3.63, 3.8) is 0 Å². The Labute approximate surface area is 182 Å². The fourth-order valence-corrected chi connectivity index (χ4v) is 5.64. The molecule has 30 heavy (non-hydrogen) atoms. The smallest absolute Gasteiger partial charge is 0.127 e. The average molecular weight is 417 g/mol. The summed E-state index contributed by atoms with van der Waals surface area (Å²) in [7, 11) is 3.46. The maximum atomic E-state index is 5.99. The number of likely N-dealkylation sites (tertiary alicyclic amines) is 1. The van der Waals surface area contributed by atoms with E-state index in [4.69, 9.17) is 14.2 Å².